The van der Waals surface area contributed by atoms with Crippen LogP contribution in [0.5, 0.6) is 0 Å². The number of anilines is 1. The normalized spacial score (nSPS) is 9.31. The van der Waals surface area contributed by atoms with Gasteiger partial charge in [0.1, 0.15) is 0 Å². The van der Waals surface area contributed by atoms with E-state index in [1.54, 1.807) is 0 Å². The van der Waals surface area contributed by atoms with E-state index in [0.717, 1.165) is 6.07 Å². The van der Waals surface area contributed by atoms with Crippen molar-refractivity contribution in [3.05, 3.63) is 30.4 Å². The molecule has 0 atom stereocenters. The summed E-state index contributed by atoms with van der Waals surface area (Å²) in [6.45, 7) is 3.34. The number of carbonyl (C=O) groups is 1. The first-order valence-corrected chi connectivity index (χ1v) is 3.41. The van der Waals surface area contributed by atoms with Crippen LogP contribution in [0.4, 0.5) is 14.9 Å². The fourth-order valence-corrected chi connectivity index (χ4v) is 0.791. The third-order valence-electron chi connectivity index (χ3n) is 1.31. The van der Waals surface area contributed by atoms with Gasteiger partial charge in [-0.1, -0.05) is 6.58 Å². The van der Waals surface area contributed by atoms with Crippen molar-refractivity contribution in [2.75, 3.05) is 5.32 Å². The summed E-state index contributed by atoms with van der Waals surface area (Å²) in [6, 6.07) is 1.04. The van der Waals surface area contributed by atoms with Crippen LogP contribution in [-0.4, -0.2) is 16.2 Å². The van der Waals surface area contributed by atoms with Crippen LogP contribution in [0.2, 0.25) is 0 Å². The topological polar surface area (TPSA) is 62.2 Å². The zero-order valence-corrected chi connectivity index (χ0v) is 6.62. The summed E-state index contributed by atoms with van der Waals surface area (Å²) in [5.41, 5.74) is 0.187. The molecule has 1 aromatic rings. The molecule has 0 spiro atoms. The Morgan fingerprint density at radius 1 is 1.77 bits per heavy atom. The number of amides is 1. The summed E-state index contributed by atoms with van der Waals surface area (Å²) in [4.78, 5) is 13.8. The SMILES string of the molecule is C=Cc1ncc(NC(=O)O)cc1F. The second-order valence-corrected chi connectivity index (χ2v) is 2.23. The molecule has 0 bridgehead atoms. The van der Waals surface area contributed by atoms with Crippen LogP contribution >= 0.6 is 0 Å². The van der Waals surface area contributed by atoms with Crippen LogP contribution in [0.25, 0.3) is 6.08 Å². The maximum absolute atomic E-state index is 12.9. The van der Waals surface area contributed by atoms with Gasteiger partial charge in [0.2, 0.25) is 0 Å². The number of pyridine rings is 1. The van der Waals surface area contributed by atoms with Crippen molar-refractivity contribution in [1.82, 2.24) is 4.98 Å². The second kappa shape index (κ2) is 3.66. The van der Waals surface area contributed by atoms with E-state index in [9.17, 15) is 9.18 Å². The average molecular weight is 182 g/mol. The minimum absolute atomic E-state index is 0.0931. The summed E-state index contributed by atoms with van der Waals surface area (Å²) in [5, 5.41) is 10.3. The summed E-state index contributed by atoms with van der Waals surface area (Å²) in [6.07, 6.45) is 1.21. The highest BCUT2D eigenvalue weighted by Gasteiger charge is 2.03. The number of aromatic nitrogens is 1. The van der Waals surface area contributed by atoms with E-state index in [-0.39, 0.29) is 11.4 Å². The lowest BCUT2D eigenvalue weighted by Gasteiger charge is -2.01. The Labute approximate surface area is 73.7 Å². The van der Waals surface area contributed by atoms with Crippen LogP contribution in [0.3, 0.4) is 0 Å². The number of hydrogen-bond donors (Lipinski definition) is 2. The summed E-state index contributed by atoms with van der Waals surface area (Å²) >= 11 is 0. The number of nitrogens with zero attached hydrogens (tertiary/aromatic N) is 1. The zero-order valence-electron chi connectivity index (χ0n) is 6.62. The minimum Gasteiger partial charge on any atom is -0.465 e. The van der Waals surface area contributed by atoms with Gasteiger partial charge in [-0.25, -0.2) is 9.18 Å². The molecule has 5 heteroatoms. The van der Waals surface area contributed by atoms with Crippen molar-refractivity contribution in [1.29, 1.82) is 0 Å². The molecule has 1 amide bonds. The maximum atomic E-state index is 12.9. The molecule has 1 rings (SSSR count). The summed E-state index contributed by atoms with van der Waals surface area (Å²) < 4.78 is 12.9. The second-order valence-electron chi connectivity index (χ2n) is 2.23. The lowest BCUT2D eigenvalue weighted by atomic mass is 10.3. The number of hydrogen-bond acceptors (Lipinski definition) is 2. The monoisotopic (exact) mass is 182 g/mol. The first-order valence-electron chi connectivity index (χ1n) is 3.41. The standard InChI is InChI=1S/C8H7FN2O2/c1-2-7-6(9)3-5(4-10-7)11-8(12)13/h2-4,11H,1H2,(H,12,13). The van der Waals surface area contributed by atoms with Crippen LogP contribution in [-0.2, 0) is 0 Å². The Balaban J connectivity index is 2.95. The van der Waals surface area contributed by atoms with Crippen molar-refractivity contribution >= 4 is 17.9 Å². The van der Waals surface area contributed by atoms with Gasteiger partial charge in [-0.15, -0.1) is 0 Å². The Morgan fingerprint density at radius 3 is 2.92 bits per heavy atom. The van der Waals surface area contributed by atoms with Gasteiger partial charge < -0.3 is 5.11 Å². The largest absolute Gasteiger partial charge is 0.465 e. The quantitative estimate of drug-likeness (QED) is 0.734. The van der Waals surface area contributed by atoms with Crippen LogP contribution in [0.1, 0.15) is 5.69 Å². The Bertz CT molecular complexity index is 352. The molecule has 0 aliphatic rings. The van der Waals surface area contributed by atoms with E-state index in [4.69, 9.17) is 5.11 Å². The molecular weight excluding hydrogens is 175 g/mol. The molecule has 0 saturated heterocycles. The molecule has 0 fully saturated rings. The Kier molecular flexibility index (Phi) is 2.59. The van der Waals surface area contributed by atoms with Gasteiger partial charge in [0.05, 0.1) is 17.6 Å². The number of rotatable bonds is 2. The molecule has 4 nitrogen and oxygen atoms in total. The molecule has 1 aromatic heterocycles. The molecule has 0 aromatic carbocycles. The third kappa shape index (κ3) is 2.26. The summed E-state index contributed by atoms with van der Waals surface area (Å²) in [7, 11) is 0. The Morgan fingerprint density at radius 2 is 2.46 bits per heavy atom. The van der Waals surface area contributed by atoms with Crippen molar-refractivity contribution in [2.45, 2.75) is 0 Å². The predicted molar refractivity (Wildman–Crippen MR) is 45.9 cm³/mol. The maximum Gasteiger partial charge on any atom is 0.409 e. The van der Waals surface area contributed by atoms with Crippen molar-refractivity contribution in [3.8, 4) is 0 Å². The highest BCUT2D eigenvalue weighted by atomic mass is 19.1. The predicted octanol–water partition coefficient (Wildman–Crippen LogP) is 1.95. The van der Waals surface area contributed by atoms with Gasteiger partial charge in [-0.05, 0) is 6.08 Å². The number of nitrogens with one attached hydrogen (secondary N) is 1. The van der Waals surface area contributed by atoms with Crippen molar-refractivity contribution in [2.24, 2.45) is 0 Å². The van der Waals surface area contributed by atoms with E-state index in [1.807, 2.05) is 5.32 Å². The van der Waals surface area contributed by atoms with Gasteiger partial charge in [0, 0.05) is 6.07 Å². The highest BCUT2D eigenvalue weighted by molar-refractivity contribution is 5.82. The van der Waals surface area contributed by atoms with Crippen molar-refractivity contribution < 1.29 is 14.3 Å². The highest BCUT2D eigenvalue weighted by Crippen LogP contribution is 2.11. The van der Waals surface area contributed by atoms with E-state index in [2.05, 4.69) is 11.6 Å². The minimum atomic E-state index is -1.26. The van der Waals surface area contributed by atoms with Crippen LogP contribution in [0, 0.1) is 5.82 Å². The third-order valence-corrected chi connectivity index (χ3v) is 1.31. The molecule has 13 heavy (non-hydrogen) atoms. The molecule has 0 saturated carbocycles. The van der Waals surface area contributed by atoms with Crippen LogP contribution < -0.4 is 5.32 Å². The first kappa shape index (κ1) is 9.18. The zero-order chi connectivity index (χ0) is 9.84. The van der Waals surface area contributed by atoms with E-state index >= 15 is 0 Å². The smallest absolute Gasteiger partial charge is 0.409 e. The van der Waals surface area contributed by atoms with Crippen LogP contribution in [0.15, 0.2) is 18.8 Å². The molecule has 0 aliphatic heterocycles. The molecular formula is C8H7FN2O2. The van der Waals surface area contributed by atoms with Gasteiger partial charge in [-0.3, -0.25) is 10.3 Å². The van der Waals surface area contributed by atoms with E-state index in [1.165, 1.54) is 12.3 Å². The molecule has 0 aliphatic carbocycles. The number of halogens is 1. The van der Waals surface area contributed by atoms with Gasteiger partial charge >= 0.3 is 6.09 Å². The molecule has 68 valence electrons. The molecule has 0 unspecified atom stereocenters. The lowest BCUT2D eigenvalue weighted by molar-refractivity contribution is 0.209. The fraction of sp³-hybridized carbons (Fsp3) is 0. The molecule has 2 N–H and O–H groups in total. The van der Waals surface area contributed by atoms with Crippen molar-refractivity contribution in [3.63, 3.8) is 0 Å². The van der Waals surface area contributed by atoms with E-state index in [0.29, 0.717) is 0 Å². The number of carboxylic acid groups (broad SMARTS) is 1. The molecule has 1 heterocycles. The van der Waals surface area contributed by atoms with E-state index < -0.39 is 11.9 Å². The van der Waals surface area contributed by atoms with Gasteiger partial charge in [-0.2, -0.15) is 0 Å². The fourth-order valence-electron chi connectivity index (χ4n) is 0.791. The lowest BCUT2D eigenvalue weighted by Crippen LogP contribution is -2.08. The average Bonchev–Trinajstić information content (AvgIpc) is 2.03. The first-order chi connectivity index (χ1) is 6.13. The molecule has 0 radical (unpaired) electrons. The van der Waals surface area contributed by atoms with Gasteiger partial charge in [0.25, 0.3) is 0 Å². The van der Waals surface area contributed by atoms with Gasteiger partial charge in [0.15, 0.2) is 5.82 Å². The Hall–Kier alpha value is -1.91. The summed E-state index contributed by atoms with van der Waals surface area (Å²) in [5.74, 6) is -0.610.